The van der Waals surface area contributed by atoms with E-state index in [1.165, 1.54) is 18.7 Å². The molecule has 7 nitrogen and oxygen atoms in total. The quantitative estimate of drug-likeness (QED) is 0.579. The lowest BCUT2D eigenvalue weighted by Gasteiger charge is -2.17. The van der Waals surface area contributed by atoms with E-state index in [-0.39, 0.29) is 11.8 Å². The number of rotatable bonds is 7. The smallest absolute Gasteiger partial charge is 0.255 e. The van der Waals surface area contributed by atoms with Crippen molar-refractivity contribution in [2.75, 3.05) is 5.32 Å². The third-order valence-electron chi connectivity index (χ3n) is 4.83. The van der Waals surface area contributed by atoms with Crippen molar-refractivity contribution < 1.29 is 9.59 Å². The maximum absolute atomic E-state index is 12.6. The van der Waals surface area contributed by atoms with Gasteiger partial charge >= 0.3 is 0 Å². The molecule has 3 N–H and O–H groups in total. The molecule has 7 heteroatoms. The van der Waals surface area contributed by atoms with E-state index in [4.69, 9.17) is 0 Å². The summed E-state index contributed by atoms with van der Waals surface area (Å²) in [5.74, 6) is -0.510. The highest BCUT2D eigenvalue weighted by molar-refractivity contribution is 6.00. The molecule has 146 valence electrons. The number of aromatic nitrogens is 2. The van der Waals surface area contributed by atoms with Gasteiger partial charge in [0.15, 0.2) is 0 Å². The van der Waals surface area contributed by atoms with Crippen LogP contribution in [0.1, 0.15) is 28.8 Å². The number of hydrogen-bond acceptors (Lipinski definition) is 5. The normalized spacial score (nSPS) is 13.9. The number of benzene rings is 2. The van der Waals surface area contributed by atoms with Crippen molar-refractivity contribution in [3.05, 3.63) is 84.4 Å². The molecule has 1 fully saturated rings. The van der Waals surface area contributed by atoms with Gasteiger partial charge in [-0.15, -0.1) is 0 Å². The van der Waals surface area contributed by atoms with Crippen molar-refractivity contribution in [2.24, 2.45) is 0 Å². The lowest BCUT2D eigenvalue weighted by molar-refractivity contribution is -0.124. The van der Waals surface area contributed by atoms with Gasteiger partial charge < -0.3 is 16.0 Å². The first kappa shape index (κ1) is 18.6. The highest BCUT2D eigenvalue weighted by Gasteiger charge is 2.51. The van der Waals surface area contributed by atoms with E-state index < -0.39 is 5.54 Å². The monoisotopic (exact) mass is 387 g/mol. The maximum Gasteiger partial charge on any atom is 0.255 e. The van der Waals surface area contributed by atoms with Crippen molar-refractivity contribution in [3.8, 4) is 0 Å². The summed E-state index contributed by atoms with van der Waals surface area (Å²) in [5, 5.41) is 9.06. The van der Waals surface area contributed by atoms with Crippen molar-refractivity contribution in [1.29, 1.82) is 0 Å². The number of anilines is 2. The Kier molecular flexibility index (Phi) is 5.20. The standard InChI is InChI=1S/C22H21N5O2/c28-20(17-13-23-15-24-14-17)27-22(10-11-22)21(29)25-12-16-6-8-19(9-7-16)26-18-4-2-1-3-5-18/h1-9,13-15,26H,10-12H2,(H,25,29)(H,27,28). The zero-order chi connectivity index (χ0) is 20.1. The number of nitrogens with zero attached hydrogens (tertiary/aromatic N) is 2. The Morgan fingerprint density at radius 3 is 2.21 bits per heavy atom. The topological polar surface area (TPSA) is 96.0 Å². The molecule has 1 saturated carbocycles. The second kappa shape index (κ2) is 8.10. The van der Waals surface area contributed by atoms with Crippen molar-refractivity contribution in [1.82, 2.24) is 20.6 Å². The number of para-hydroxylation sites is 1. The Hall–Kier alpha value is -3.74. The highest BCUT2D eigenvalue weighted by atomic mass is 16.2. The largest absolute Gasteiger partial charge is 0.356 e. The van der Waals surface area contributed by atoms with Gasteiger partial charge in [-0.2, -0.15) is 0 Å². The van der Waals surface area contributed by atoms with Gasteiger partial charge in [-0.05, 0) is 42.7 Å². The van der Waals surface area contributed by atoms with Gasteiger partial charge in [0.2, 0.25) is 5.91 Å². The number of carbonyl (C=O) groups excluding carboxylic acids is 2. The van der Waals surface area contributed by atoms with E-state index in [0.717, 1.165) is 16.9 Å². The highest BCUT2D eigenvalue weighted by Crippen LogP contribution is 2.36. The Labute approximate surface area is 168 Å². The first-order valence-corrected chi connectivity index (χ1v) is 9.41. The summed E-state index contributed by atoms with van der Waals surface area (Å²) in [6.45, 7) is 0.399. The lowest BCUT2D eigenvalue weighted by Crippen LogP contribution is -2.48. The van der Waals surface area contributed by atoms with Crippen LogP contribution in [0.5, 0.6) is 0 Å². The van der Waals surface area contributed by atoms with Crippen LogP contribution in [0.25, 0.3) is 0 Å². The number of nitrogens with one attached hydrogen (secondary N) is 3. The van der Waals surface area contributed by atoms with Crippen LogP contribution in [0.2, 0.25) is 0 Å². The van der Waals surface area contributed by atoms with Crippen LogP contribution in [-0.2, 0) is 11.3 Å². The van der Waals surface area contributed by atoms with Gasteiger partial charge in [-0.25, -0.2) is 9.97 Å². The molecule has 1 heterocycles. The summed E-state index contributed by atoms with van der Waals surface area (Å²) < 4.78 is 0. The van der Waals surface area contributed by atoms with Gasteiger partial charge in [-0.3, -0.25) is 9.59 Å². The van der Waals surface area contributed by atoms with E-state index in [0.29, 0.717) is 24.9 Å². The second-order valence-corrected chi connectivity index (χ2v) is 7.03. The van der Waals surface area contributed by atoms with Crippen LogP contribution >= 0.6 is 0 Å². The van der Waals surface area contributed by atoms with Gasteiger partial charge in [0.25, 0.3) is 5.91 Å². The Morgan fingerprint density at radius 2 is 1.55 bits per heavy atom. The molecule has 0 spiro atoms. The van der Waals surface area contributed by atoms with Crippen molar-refractivity contribution >= 4 is 23.2 Å². The molecule has 1 aromatic heterocycles. The van der Waals surface area contributed by atoms with E-state index in [2.05, 4.69) is 25.9 Å². The van der Waals surface area contributed by atoms with Gasteiger partial charge in [0.1, 0.15) is 11.9 Å². The summed E-state index contributed by atoms with van der Waals surface area (Å²) >= 11 is 0. The predicted octanol–water partition coefficient (Wildman–Crippen LogP) is 2.80. The molecular weight excluding hydrogens is 366 g/mol. The Bertz CT molecular complexity index is 987. The first-order valence-electron chi connectivity index (χ1n) is 9.41. The number of amides is 2. The SMILES string of the molecule is O=C(NC1(C(=O)NCc2ccc(Nc3ccccc3)cc2)CC1)c1cncnc1. The van der Waals surface area contributed by atoms with Crippen LogP contribution in [-0.4, -0.2) is 27.3 Å². The summed E-state index contributed by atoms with van der Waals surface area (Å²) in [5.41, 5.74) is 2.48. The van der Waals surface area contributed by atoms with Gasteiger partial charge in [0, 0.05) is 30.3 Å². The third-order valence-corrected chi connectivity index (χ3v) is 4.83. The molecule has 0 radical (unpaired) electrons. The Morgan fingerprint density at radius 1 is 0.897 bits per heavy atom. The minimum atomic E-state index is -0.832. The molecule has 0 atom stereocenters. The minimum absolute atomic E-state index is 0.172. The molecule has 2 aromatic carbocycles. The first-order chi connectivity index (χ1) is 14.1. The molecule has 0 unspecified atom stereocenters. The second-order valence-electron chi connectivity index (χ2n) is 7.03. The fourth-order valence-corrected chi connectivity index (χ4v) is 2.99. The molecule has 3 aromatic rings. The van der Waals surface area contributed by atoms with Crippen LogP contribution in [0, 0.1) is 0 Å². The van der Waals surface area contributed by atoms with Gasteiger partial charge in [0.05, 0.1) is 5.56 Å². The lowest BCUT2D eigenvalue weighted by atomic mass is 10.1. The molecule has 0 aliphatic heterocycles. The minimum Gasteiger partial charge on any atom is -0.356 e. The third kappa shape index (κ3) is 4.57. The summed E-state index contributed by atoms with van der Waals surface area (Å²) in [6, 6.07) is 17.8. The van der Waals surface area contributed by atoms with Gasteiger partial charge in [-0.1, -0.05) is 30.3 Å². The van der Waals surface area contributed by atoms with Crippen LogP contribution in [0.3, 0.4) is 0 Å². The van der Waals surface area contributed by atoms with E-state index in [9.17, 15) is 9.59 Å². The average molecular weight is 387 g/mol. The molecule has 1 aliphatic carbocycles. The zero-order valence-corrected chi connectivity index (χ0v) is 15.8. The molecule has 29 heavy (non-hydrogen) atoms. The predicted molar refractivity (Wildman–Crippen MR) is 109 cm³/mol. The molecule has 0 bridgehead atoms. The fourth-order valence-electron chi connectivity index (χ4n) is 2.99. The molecular formula is C22H21N5O2. The maximum atomic E-state index is 12.6. The van der Waals surface area contributed by atoms with Crippen molar-refractivity contribution in [3.63, 3.8) is 0 Å². The summed E-state index contributed by atoms with van der Waals surface area (Å²) in [4.78, 5) is 32.6. The van der Waals surface area contributed by atoms with Crippen LogP contribution in [0.4, 0.5) is 11.4 Å². The van der Waals surface area contributed by atoms with Crippen LogP contribution in [0.15, 0.2) is 73.3 Å². The molecule has 1 aliphatic rings. The van der Waals surface area contributed by atoms with E-state index in [1.807, 2.05) is 54.6 Å². The Balaban J connectivity index is 1.30. The fraction of sp³-hybridized carbons (Fsp3) is 0.182. The molecule has 4 rings (SSSR count). The summed E-state index contributed by atoms with van der Waals surface area (Å²) in [7, 11) is 0. The average Bonchev–Trinajstić information content (AvgIpc) is 3.55. The number of hydrogen-bond donors (Lipinski definition) is 3. The summed E-state index contributed by atoms with van der Waals surface area (Å²) in [6.07, 6.45) is 5.47. The van der Waals surface area contributed by atoms with Crippen LogP contribution < -0.4 is 16.0 Å². The zero-order valence-electron chi connectivity index (χ0n) is 15.8. The molecule has 0 saturated heterocycles. The van der Waals surface area contributed by atoms with E-state index in [1.54, 1.807) is 0 Å². The number of carbonyl (C=O) groups is 2. The van der Waals surface area contributed by atoms with Crippen molar-refractivity contribution in [2.45, 2.75) is 24.9 Å². The molecule has 2 amide bonds. The van der Waals surface area contributed by atoms with E-state index >= 15 is 0 Å².